The Morgan fingerprint density at radius 3 is 2.43 bits per heavy atom. The molecule has 0 aromatic heterocycles. The molecule has 0 heterocycles. The molecule has 0 aliphatic carbocycles. The Labute approximate surface area is 87.3 Å². The van der Waals surface area contributed by atoms with Crippen molar-refractivity contribution in [3.63, 3.8) is 0 Å². The number of halogens is 1. The fourth-order valence-electron chi connectivity index (χ4n) is 1.40. The molecule has 0 radical (unpaired) electrons. The number of carbonyl (C=O) groups is 1. The zero-order valence-corrected chi connectivity index (χ0v) is 8.97. The van der Waals surface area contributed by atoms with Crippen LogP contribution in [-0.2, 0) is 0 Å². The highest BCUT2D eigenvalue weighted by atomic mass is 35.5. The van der Waals surface area contributed by atoms with E-state index in [0.29, 0.717) is 5.75 Å². The number of aryl methyl sites for hydroxylation is 2. The van der Waals surface area contributed by atoms with Crippen LogP contribution < -0.4 is 4.74 Å². The molecule has 0 unspecified atom stereocenters. The Morgan fingerprint density at radius 1 is 1.43 bits per heavy atom. The van der Waals surface area contributed by atoms with E-state index in [1.54, 1.807) is 19.9 Å². The molecular formula is C10H11ClO3. The van der Waals surface area contributed by atoms with E-state index >= 15 is 0 Å². The summed E-state index contributed by atoms with van der Waals surface area (Å²) in [5, 5.41) is 9.20. The van der Waals surface area contributed by atoms with Crippen molar-refractivity contribution in [3.05, 3.63) is 27.8 Å². The minimum absolute atomic E-state index is 0.0340. The monoisotopic (exact) mass is 214 g/mol. The molecule has 0 saturated carbocycles. The predicted molar refractivity (Wildman–Crippen MR) is 54.4 cm³/mol. The summed E-state index contributed by atoms with van der Waals surface area (Å²) >= 11 is 5.88. The van der Waals surface area contributed by atoms with Crippen LogP contribution in [0.5, 0.6) is 5.75 Å². The Morgan fingerprint density at radius 2 is 2.00 bits per heavy atom. The van der Waals surface area contributed by atoms with Crippen molar-refractivity contribution < 1.29 is 14.6 Å². The number of hydrogen-bond acceptors (Lipinski definition) is 2. The minimum Gasteiger partial charge on any atom is -0.496 e. The first kappa shape index (κ1) is 10.9. The van der Waals surface area contributed by atoms with Gasteiger partial charge >= 0.3 is 5.97 Å². The van der Waals surface area contributed by atoms with Gasteiger partial charge in [0.25, 0.3) is 0 Å². The van der Waals surface area contributed by atoms with Crippen LogP contribution in [0.1, 0.15) is 21.5 Å². The van der Waals surface area contributed by atoms with Gasteiger partial charge in [0.15, 0.2) is 0 Å². The number of benzene rings is 1. The summed E-state index contributed by atoms with van der Waals surface area (Å²) in [4.78, 5) is 10.9. The van der Waals surface area contributed by atoms with E-state index in [9.17, 15) is 4.79 Å². The van der Waals surface area contributed by atoms with E-state index in [0.717, 1.165) is 11.1 Å². The lowest BCUT2D eigenvalue weighted by Crippen LogP contribution is -2.04. The highest BCUT2D eigenvalue weighted by Crippen LogP contribution is 2.32. The van der Waals surface area contributed by atoms with Crippen LogP contribution >= 0.6 is 11.6 Å². The van der Waals surface area contributed by atoms with Crippen LogP contribution in [0.25, 0.3) is 0 Å². The molecule has 76 valence electrons. The molecule has 0 atom stereocenters. The molecule has 3 nitrogen and oxygen atoms in total. The van der Waals surface area contributed by atoms with E-state index < -0.39 is 5.97 Å². The number of carboxylic acid groups (broad SMARTS) is 1. The fourth-order valence-corrected chi connectivity index (χ4v) is 1.62. The summed E-state index contributed by atoms with van der Waals surface area (Å²) in [6, 6.07) is 1.80. The van der Waals surface area contributed by atoms with E-state index in [4.69, 9.17) is 21.4 Å². The molecular weight excluding hydrogens is 204 g/mol. The van der Waals surface area contributed by atoms with Crippen molar-refractivity contribution in [2.75, 3.05) is 7.11 Å². The van der Waals surface area contributed by atoms with Crippen molar-refractivity contribution in [1.29, 1.82) is 0 Å². The van der Waals surface area contributed by atoms with Gasteiger partial charge in [0.1, 0.15) is 11.3 Å². The fraction of sp³-hybridized carbons (Fsp3) is 0.300. The van der Waals surface area contributed by atoms with Gasteiger partial charge in [-0.15, -0.1) is 0 Å². The number of carboxylic acids is 1. The number of ether oxygens (including phenoxy) is 1. The van der Waals surface area contributed by atoms with Crippen molar-refractivity contribution >= 4 is 17.6 Å². The summed E-state index contributed by atoms with van der Waals surface area (Å²) in [5.74, 6) is -0.744. The van der Waals surface area contributed by atoms with Crippen molar-refractivity contribution in [2.45, 2.75) is 13.8 Å². The Balaban J connectivity index is 3.56. The molecule has 0 spiro atoms. The first-order chi connectivity index (χ1) is 6.49. The SMILES string of the molecule is COc1c(C)cc(C)c(Cl)c1C(=O)O. The predicted octanol–water partition coefficient (Wildman–Crippen LogP) is 2.66. The second-order valence-electron chi connectivity index (χ2n) is 3.04. The third-order valence-electron chi connectivity index (χ3n) is 2.00. The molecule has 14 heavy (non-hydrogen) atoms. The largest absolute Gasteiger partial charge is 0.496 e. The molecule has 1 aromatic rings. The molecule has 1 aromatic carbocycles. The van der Waals surface area contributed by atoms with Crippen LogP contribution in [0.2, 0.25) is 5.02 Å². The Hall–Kier alpha value is -1.22. The molecule has 0 fully saturated rings. The summed E-state index contributed by atoms with van der Waals surface area (Å²) in [5.41, 5.74) is 1.54. The highest BCUT2D eigenvalue weighted by molar-refractivity contribution is 6.34. The summed E-state index contributed by atoms with van der Waals surface area (Å²) in [6.07, 6.45) is 0. The second kappa shape index (κ2) is 3.88. The standard InChI is InChI=1S/C10H11ClO3/c1-5-4-6(2)9(14-3)7(8(5)11)10(12)13/h4H,1-3H3,(H,12,13). The summed E-state index contributed by atoms with van der Waals surface area (Å²) in [6.45, 7) is 3.55. The van der Waals surface area contributed by atoms with Crippen molar-refractivity contribution in [2.24, 2.45) is 0 Å². The maximum absolute atomic E-state index is 10.9. The molecule has 0 saturated heterocycles. The second-order valence-corrected chi connectivity index (χ2v) is 3.42. The highest BCUT2D eigenvalue weighted by Gasteiger charge is 2.19. The molecule has 1 N–H and O–H groups in total. The van der Waals surface area contributed by atoms with Crippen LogP contribution in [0.4, 0.5) is 0 Å². The minimum atomic E-state index is -1.07. The average molecular weight is 215 g/mol. The van der Waals surface area contributed by atoms with Gasteiger partial charge in [0.05, 0.1) is 12.1 Å². The summed E-state index contributed by atoms with van der Waals surface area (Å²) < 4.78 is 5.01. The lowest BCUT2D eigenvalue weighted by Gasteiger charge is -2.11. The zero-order valence-electron chi connectivity index (χ0n) is 8.22. The normalized spacial score (nSPS) is 10.0. The Kier molecular flexibility index (Phi) is 3.01. The molecule has 0 bridgehead atoms. The maximum atomic E-state index is 10.9. The van der Waals surface area contributed by atoms with Crippen LogP contribution in [0, 0.1) is 13.8 Å². The van der Waals surface area contributed by atoms with Gasteiger partial charge in [-0.2, -0.15) is 0 Å². The summed E-state index contributed by atoms with van der Waals surface area (Å²) in [7, 11) is 1.43. The lowest BCUT2D eigenvalue weighted by atomic mass is 10.1. The molecule has 0 aliphatic heterocycles. The quantitative estimate of drug-likeness (QED) is 0.823. The third kappa shape index (κ3) is 1.68. The molecule has 0 amide bonds. The molecule has 1 rings (SSSR count). The third-order valence-corrected chi connectivity index (χ3v) is 2.49. The number of methoxy groups -OCH3 is 1. The molecule has 0 aliphatic rings. The topological polar surface area (TPSA) is 46.5 Å². The number of aromatic carboxylic acids is 1. The van der Waals surface area contributed by atoms with E-state index in [2.05, 4.69) is 0 Å². The first-order valence-corrected chi connectivity index (χ1v) is 4.43. The Bertz CT molecular complexity index is 385. The lowest BCUT2D eigenvalue weighted by molar-refractivity contribution is 0.0693. The van der Waals surface area contributed by atoms with Crippen molar-refractivity contribution in [1.82, 2.24) is 0 Å². The van der Waals surface area contributed by atoms with E-state index in [1.165, 1.54) is 7.11 Å². The van der Waals surface area contributed by atoms with Gasteiger partial charge in [-0.05, 0) is 25.0 Å². The van der Waals surface area contributed by atoms with E-state index in [-0.39, 0.29) is 10.6 Å². The maximum Gasteiger partial charge on any atom is 0.341 e. The van der Waals surface area contributed by atoms with E-state index in [1.807, 2.05) is 0 Å². The first-order valence-electron chi connectivity index (χ1n) is 4.06. The van der Waals surface area contributed by atoms with Gasteiger partial charge in [0.2, 0.25) is 0 Å². The number of hydrogen-bond donors (Lipinski definition) is 1. The van der Waals surface area contributed by atoms with Gasteiger partial charge in [-0.1, -0.05) is 17.7 Å². The van der Waals surface area contributed by atoms with Gasteiger partial charge in [-0.3, -0.25) is 0 Å². The number of rotatable bonds is 2. The van der Waals surface area contributed by atoms with Gasteiger partial charge in [-0.25, -0.2) is 4.79 Å². The van der Waals surface area contributed by atoms with Crippen LogP contribution in [-0.4, -0.2) is 18.2 Å². The van der Waals surface area contributed by atoms with Crippen molar-refractivity contribution in [3.8, 4) is 5.75 Å². The average Bonchev–Trinajstić information content (AvgIpc) is 2.10. The van der Waals surface area contributed by atoms with Crippen LogP contribution in [0.3, 0.4) is 0 Å². The zero-order chi connectivity index (χ0) is 10.9. The molecule has 4 heteroatoms. The smallest absolute Gasteiger partial charge is 0.341 e. The van der Waals surface area contributed by atoms with Crippen LogP contribution in [0.15, 0.2) is 6.07 Å². The van der Waals surface area contributed by atoms with Gasteiger partial charge < -0.3 is 9.84 Å². The van der Waals surface area contributed by atoms with Gasteiger partial charge in [0, 0.05) is 0 Å².